The minimum atomic E-state index is -0.549. The van der Waals surface area contributed by atoms with Crippen molar-refractivity contribution < 1.29 is 9.59 Å². The Balaban J connectivity index is 2.03. The zero-order chi connectivity index (χ0) is 18.2. The summed E-state index contributed by atoms with van der Waals surface area (Å²) in [4.78, 5) is 26.4. The zero-order valence-corrected chi connectivity index (χ0v) is 15.3. The second-order valence-electron chi connectivity index (χ2n) is 5.88. The monoisotopic (exact) mass is 358 g/mol. The summed E-state index contributed by atoms with van der Waals surface area (Å²) in [6.45, 7) is 4.37. The Labute approximate surface area is 153 Å². The summed E-state index contributed by atoms with van der Waals surface area (Å²) in [5.41, 5.74) is 1.96. The van der Waals surface area contributed by atoms with Crippen LogP contribution in [-0.2, 0) is 22.7 Å². The maximum absolute atomic E-state index is 12.5. The quantitative estimate of drug-likeness (QED) is 0.818. The molecule has 0 aromatic heterocycles. The zero-order valence-electron chi connectivity index (χ0n) is 14.5. The SMILES string of the molecule is CCC(=O)N(Cc1ccc(Cl)cc1)C(C)C(=O)NCc1ccccc1. The Morgan fingerprint density at radius 1 is 1.04 bits per heavy atom. The molecule has 2 amide bonds. The van der Waals surface area contributed by atoms with E-state index in [1.165, 1.54) is 0 Å². The van der Waals surface area contributed by atoms with Crippen molar-refractivity contribution in [2.75, 3.05) is 0 Å². The van der Waals surface area contributed by atoms with E-state index >= 15 is 0 Å². The number of carbonyl (C=O) groups excluding carboxylic acids is 2. The van der Waals surface area contributed by atoms with Gasteiger partial charge in [-0.2, -0.15) is 0 Å². The van der Waals surface area contributed by atoms with Crippen LogP contribution in [0.15, 0.2) is 54.6 Å². The van der Waals surface area contributed by atoms with Gasteiger partial charge in [0.15, 0.2) is 0 Å². The minimum absolute atomic E-state index is 0.0580. The standard InChI is InChI=1S/C20H23ClN2O2/c1-3-19(24)23(14-17-9-11-18(21)12-10-17)15(2)20(25)22-13-16-7-5-4-6-8-16/h4-12,15H,3,13-14H2,1-2H3,(H,22,25). The third-order valence-corrected chi connectivity index (χ3v) is 4.30. The molecular weight excluding hydrogens is 336 g/mol. The minimum Gasteiger partial charge on any atom is -0.350 e. The van der Waals surface area contributed by atoms with Crippen molar-refractivity contribution in [2.24, 2.45) is 0 Å². The van der Waals surface area contributed by atoms with Crippen LogP contribution >= 0.6 is 11.6 Å². The predicted octanol–water partition coefficient (Wildman–Crippen LogP) is 3.78. The van der Waals surface area contributed by atoms with Gasteiger partial charge in [-0.25, -0.2) is 0 Å². The van der Waals surface area contributed by atoms with Crippen molar-refractivity contribution in [1.29, 1.82) is 0 Å². The molecule has 25 heavy (non-hydrogen) atoms. The summed E-state index contributed by atoms with van der Waals surface area (Å²) in [6.07, 6.45) is 0.351. The van der Waals surface area contributed by atoms with Crippen LogP contribution in [0.2, 0.25) is 5.02 Å². The van der Waals surface area contributed by atoms with Gasteiger partial charge in [0.25, 0.3) is 0 Å². The largest absolute Gasteiger partial charge is 0.350 e. The fraction of sp³-hybridized carbons (Fsp3) is 0.300. The van der Waals surface area contributed by atoms with E-state index in [9.17, 15) is 9.59 Å². The van der Waals surface area contributed by atoms with Gasteiger partial charge >= 0.3 is 0 Å². The van der Waals surface area contributed by atoms with E-state index in [-0.39, 0.29) is 11.8 Å². The molecular formula is C20H23ClN2O2. The van der Waals surface area contributed by atoms with Crippen LogP contribution in [0, 0.1) is 0 Å². The van der Waals surface area contributed by atoms with Crippen LogP contribution in [0.5, 0.6) is 0 Å². The molecule has 2 aromatic rings. The van der Waals surface area contributed by atoms with E-state index in [2.05, 4.69) is 5.32 Å². The summed E-state index contributed by atoms with van der Waals surface area (Å²) in [6, 6.07) is 16.4. The summed E-state index contributed by atoms with van der Waals surface area (Å²) >= 11 is 5.91. The average Bonchev–Trinajstić information content (AvgIpc) is 2.65. The smallest absolute Gasteiger partial charge is 0.242 e. The molecule has 0 aliphatic heterocycles. The number of hydrogen-bond acceptors (Lipinski definition) is 2. The van der Waals surface area contributed by atoms with Gasteiger partial charge in [-0.1, -0.05) is 61.0 Å². The van der Waals surface area contributed by atoms with Gasteiger partial charge in [0, 0.05) is 24.5 Å². The molecule has 2 aromatic carbocycles. The van der Waals surface area contributed by atoms with E-state index in [0.717, 1.165) is 11.1 Å². The van der Waals surface area contributed by atoms with Gasteiger partial charge in [0.2, 0.25) is 11.8 Å². The lowest BCUT2D eigenvalue weighted by Gasteiger charge is -2.28. The topological polar surface area (TPSA) is 49.4 Å². The number of hydrogen-bond donors (Lipinski definition) is 1. The molecule has 0 saturated heterocycles. The van der Waals surface area contributed by atoms with E-state index in [1.807, 2.05) is 42.5 Å². The maximum Gasteiger partial charge on any atom is 0.242 e. The average molecular weight is 359 g/mol. The van der Waals surface area contributed by atoms with Crippen molar-refractivity contribution in [3.05, 3.63) is 70.7 Å². The maximum atomic E-state index is 12.5. The van der Waals surface area contributed by atoms with Crippen LogP contribution in [0.1, 0.15) is 31.4 Å². The molecule has 2 rings (SSSR count). The molecule has 0 aliphatic carbocycles. The number of rotatable bonds is 7. The highest BCUT2D eigenvalue weighted by atomic mass is 35.5. The fourth-order valence-electron chi connectivity index (χ4n) is 2.50. The molecule has 0 aliphatic rings. The number of carbonyl (C=O) groups is 2. The number of halogens is 1. The Bertz CT molecular complexity index is 701. The van der Waals surface area contributed by atoms with Crippen molar-refractivity contribution >= 4 is 23.4 Å². The molecule has 1 N–H and O–H groups in total. The molecule has 0 spiro atoms. The van der Waals surface area contributed by atoms with Crippen molar-refractivity contribution in [1.82, 2.24) is 10.2 Å². The number of amides is 2. The molecule has 0 fully saturated rings. The van der Waals surface area contributed by atoms with Gasteiger partial charge in [-0.15, -0.1) is 0 Å². The third kappa shape index (κ3) is 5.61. The third-order valence-electron chi connectivity index (χ3n) is 4.05. The Hall–Kier alpha value is -2.33. The normalized spacial score (nSPS) is 11.6. The van der Waals surface area contributed by atoms with Gasteiger partial charge in [0.1, 0.15) is 6.04 Å². The van der Waals surface area contributed by atoms with Gasteiger partial charge in [-0.05, 0) is 30.2 Å². The van der Waals surface area contributed by atoms with E-state index in [0.29, 0.717) is 24.5 Å². The van der Waals surface area contributed by atoms with Crippen LogP contribution < -0.4 is 5.32 Å². The fourth-order valence-corrected chi connectivity index (χ4v) is 2.63. The first-order valence-electron chi connectivity index (χ1n) is 8.36. The van der Waals surface area contributed by atoms with Crippen LogP contribution in [-0.4, -0.2) is 22.8 Å². The van der Waals surface area contributed by atoms with E-state index in [4.69, 9.17) is 11.6 Å². The Morgan fingerprint density at radius 2 is 1.68 bits per heavy atom. The summed E-state index contributed by atoms with van der Waals surface area (Å²) in [5.74, 6) is -0.225. The summed E-state index contributed by atoms with van der Waals surface area (Å²) in [7, 11) is 0. The van der Waals surface area contributed by atoms with Crippen LogP contribution in [0.25, 0.3) is 0 Å². The molecule has 0 bridgehead atoms. The first-order valence-corrected chi connectivity index (χ1v) is 8.74. The molecule has 5 heteroatoms. The van der Waals surface area contributed by atoms with Crippen molar-refractivity contribution in [3.63, 3.8) is 0 Å². The molecule has 1 unspecified atom stereocenters. The van der Waals surface area contributed by atoms with Gasteiger partial charge in [0.05, 0.1) is 0 Å². The summed E-state index contributed by atoms with van der Waals surface area (Å²) in [5, 5.41) is 3.54. The van der Waals surface area contributed by atoms with E-state index in [1.54, 1.807) is 30.9 Å². The summed E-state index contributed by atoms with van der Waals surface area (Å²) < 4.78 is 0. The van der Waals surface area contributed by atoms with Crippen molar-refractivity contribution in [2.45, 2.75) is 39.4 Å². The highest BCUT2D eigenvalue weighted by Gasteiger charge is 2.24. The lowest BCUT2D eigenvalue weighted by Crippen LogP contribution is -2.47. The van der Waals surface area contributed by atoms with Crippen LogP contribution in [0.3, 0.4) is 0 Å². The second-order valence-corrected chi connectivity index (χ2v) is 6.32. The van der Waals surface area contributed by atoms with Gasteiger partial charge in [-0.3, -0.25) is 9.59 Å². The Morgan fingerprint density at radius 3 is 2.28 bits per heavy atom. The number of nitrogens with one attached hydrogen (secondary N) is 1. The highest BCUT2D eigenvalue weighted by Crippen LogP contribution is 2.14. The second kappa shape index (κ2) is 9.23. The first-order chi connectivity index (χ1) is 12.0. The molecule has 132 valence electrons. The van der Waals surface area contributed by atoms with Crippen molar-refractivity contribution in [3.8, 4) is 0 Å². The number of benzene rings is 2. The van der Waals surface area contributed by atoms with E-state index < -0.39 is 6.04 Å². The molecule has 4 nitrogen and oxygen atoms in total. The predicted molar refractivity (Wildman–Crippen MR) is 100 cm³/mol. The van der Waals surface area contributed by atoms with Gasteiger partial charge < -0.3 is 10.2 Å². The molecule has 0 heterocycles. The number of nitrogens with zero attached hydrogens (tertiary/aromatic N) is 1. The molecule has 0 radical (unpaired) electrons. The first kappa shape index (κ1) is 19.0. The molecule has 1 atom stereocenters. The Kier molecular flexibility index (Phi) is 7.02. The highest BCUT2D eigenvalue weighted by molar-refractivity contribution is 6.30. The lowest BCUT2D eigenvalue weighted by atomic mass is 10.1. The lowest BCUT2D eigenvalue weighted by molar-refractivity contribution is -0.140. The van der Waals surface area contributed by atoms with Crippen LogP contribution in [0.4, 0.5) is 0 Å². The molecule has 0 saturated carbocycles.